The first-order valence-electron chi connectivity index (χ1n) is 9.73. The molecule has 29 heavy (non-hydrogen) atoms. The average Bonchev–Trinajstić information content (AvgIpc) is 3.36. The number of likely N-dealkylation sites (tertiary alicyclic amines) is 1. The van der Waals surface area contributed by atoms with E-state index in [1.165, 1.54) is 11.1 Å². The Labute approximate surface area is 175 Å². The summed E-state index contributed by atoms with van der Waals surface area (Å²) in [6, 6.07) is 16.0. The number of nitrogens with zero attached hydrogens (tertiary/aromatic N) is 3. The molecule has 1 atom stereocenters. The number of carbonyl (C=O) groups is 1. The first kappa shape index (κ1) is 19.4. The molecular formula is C22H24N4O2S. The zero-order chi connectivity index (χ0) is 20.4. The summed E-state index contributed by atoms with van der Waals surface area (Å²) in [6.45, 7) is 3.03. The van der Waals surface area contributed by atoms with E-state index in [2.05, 4.69) is 29.3 Å². The zero-order valence-electron chi connectivity index (χ0n) is 16.6. The molecule has 0 aliphatic carbocycles. The van der Waals surface area contributed by atoms with E-state index in [1.54, 1.807) is 11.7 Å². The Morgan fingerprint density at radius 3 is 2.72 bits per heavy atom. The van der Waals surface area contributed by atoms with Gasteiger partial charge in [0.25, 0.3) is 0 Å². The Hall–Kier alpha value is -2.93. The van der Waals surface area contributed by atoms with E-state index < -0.39 is 0 Å². The number of aryl methyl sites for hydroxylation is 1. The summed E-state index contributed by atoms with van der Waals surface area (Å²) in [4.78, 5) is 15.2. The highest BCUT2D eigenvalue weighted by Crippen LogP contribution is 2.34. The van der Waals surface area contributed by atoms with Crippen molar-refractivity contribution in [2.75, 3.05) is 13.7 Å². The quantitative estimate of drug-likeness (QED) is 0.640. The molecule has 1 N–H and O–H groups in total. The maximum Gasteiger partial charge on any atom is 0.243 e. The number of carbonyl (C=O) groups excluding carboxylic acids is 1. The number of nitrogens with one attached hydrogen (secondary N) is 1. The summed E-state index contributed by atoms with van der Waals surface area (Å²) in [5.74, 6) is 1.48. The number of amides is 1. The lowest BCUT2D eigenvalue weighted by atomic mass is 9.99. The van der Waals surface area contributed by atoms with Crippen molar-refractivity contribution in [2.24, 2.45) is 0 Å². The fraction of sp³-hybridized carbons (Fsp3) is 0.318. The van der Waals surface area contributed by atoms with Gasteiger partial charge in [-0.15, -0.1) is 0 Å². The predicted octanol–water partition coefficient (Wildman–Crippen LogP) is 4.29. The van der Waals surface area contributed by atoms with Crippen LogP contribution in [-0.2, 0) is 11.3 Å². The number of hydrogen-bond acceptors (Lipinski definition) is 4. The number of methoxy groups -OCH3 is 1. The van der Waals surface area contributed by atoms with Crippen LogP contribution in [-0.4, -0.2) is 39.2 Å². The van der Waals surface area contributed by atoms with Crippen LogP contribution < -0.4 is 4.74 Å². The minimum absolute atomic E-state index is 0.0583. The Kier molecular flexibility index (Phi) is 5.49. The first-order valence-corrected chi connectivity index (χ1v) is 10.1. The molecule has 1 amide bonds. The van der Waals surface area contributed by atoms with Gasteiger partial charge in [0.1, 0.15) is 12.3 Å². The van der Waals surface area contributed by atoms with Crippen LogP contribution >= 0.6 is 12.2 Å². The maximum absolute atomic E-state index is 13.2. The van der Waals surface area contributed by atoms with E-state index in [-0.39, 0.29) is 18.5 Å². The van der Waals surface area contributed by atoms with Crippen LogP contribution in [0.25, 0.3) is 11.4 Å². The molecule has 3 aromatic rings. The number of benzene rings is 2. The van der Waals surface area contributed by atoms with Gasteiger partial charge in [0.2, 0.25) is 5.91 Å². The number of ether oxygens (including phenoxy) is 1. The molecule has 2 aromatic carbocycles. The summed E-state index contributed by atoms with van der Waals surface area (Å²) in [5, 5.41) is 7.17. The van der Waals surface area contributed by atoms with Crippen molar-refractivity contribution in [3.8, 4) is 17.1 Å². The highest BCUT2D eigenvalue weighted by atomic mass is 32.1. The molecule has 1 unspecified atom stereocenters. The third-order valence-corrected chi connectivity index (χ3v) is 5.83. The highest BCUT2D eigenvalue weighted by Gasteiger charge is 2.31. The van der Waals surface area contributed by atoms with E-state index in [9.17, 15) is 4.79 Å². The molecule has 7 heteroatoms. The number of aromatic amines is 1. The van der Waals surface area contributed by atoms with Gasteiger partial charge >= 0.3 is 0 Å². The normalized spacial score (nSPS) is 16.2. The molecule has 1 aliphatic heterocycles. The molecule has 1 aliphatic rings. The third-order valence-electron chi connectivity index (χ3n) is 5.52. The molecule has 0 bridgehead atoms. The number of H-pyrrole nitrogens is 1. The Bertz CT molecular complexity index is 1070. The Balaban J connectivity index is 1.59. The van der Waals surface area contributed by atoms with Gasteiger partial charge in [-0.2, -0.15) is 5.10 Å². The van der Waals surface area contributed by atoms with Crippen molar-refractivity contribution in [2.45, 2.75) is 32.4 Å². The average molecular weight is 409 g/mol. The largest absolute Gasteiger partial charge is 0.497 e. The van der Waals surface area contributed by atoms with Gasteiger partial charge in [-0.25, -0.2) is 0 Å². The summed E-state index contributed by atoms with van der Waals surface area (Å²) >= 11 is 5.41. The number of hydrogen-bond donors (Lipinski definition) is 1. The fourth-order valence-electron chi connectivity index (χ4n) is 4.00. The first-order chi connectivity index (χ1) is 14.1. The summed E-state index contributed by atoms with van der Waals surface area (Å²) in [5.41, 5.74) is 3.32. The van der Waals surface area contributed by atoms with Crippen LogP contribution in [0.5, 0.6) is 5.75 Å². The van der Waals surface area contributed by atoms with Gasteiger partial charge < -0.3 is 9.64 Å². The second kappa shape index (κ2) is 8.21. The molecule has 0 radical (unpaired) electrons. The smallest absolute Gasteiger partial charge is 0.243 e. The molecule has 6 nitrogen and oxygen atoms in total. The van der Waals surface area contributed by atoms with Crippen LogP contribution in [0, 0.1) is 11.7 Å². The number of rotatable bonds is 5. The van der Waals surface area contributed by atoms with E-state index >= 15 is 0 Å². The van der Waals surface area contributed by atoms with Crippen LogP contribution in [0.15, 0.2) is 48.5 Å². The van der Waals surface area contributed by atoms with Gasteiger partial charge in [-0.1, -0.05) is 24.3 Å². The standard InChI is InChI=1S/C22H24N4O2S/c1-15-6-3-4-7-18(15)19-8-5-13-25(19)20(27)14-26-21(23-24-22(26)29)16-9-11-17(28-2)12-10-16/h3-4,6-7,9-12,19H,5,8,13-14H2,1-2H3,(H,24,29). The summed E-state index contributed by atoms with van der Waals surface area (Å²) in [6.07, 6.45) is 1.99. The maximum atomic E-state index is 13.2. The molecule has 0 spiro atoms. The minimum atomic E-state index is 0.0583. The van der Waals surface area contributed by atoms with Crippen molar-refractivity contribution in [1.29, 1.82) is 0 Å². The Morgan fingerprint density at radius 1 is 1.24 bits per heavy atom. The lowest BCUT2D eigenvalue weighted by Crippen LogP contribution is -2.34. The van der Waals surface area contributed by atoms with Gasteiger partial charge in [0, 0.05) is 12.1 Å². The van der Waals surface area contributed by atoms with Crippen molar-refractivity contribution in [3.63, 3.8) is 0 Å². The minimum Gasteiger partial charge on any atom is -0.497 e. The molecule has 1 aromatic heterocycles. The van der Waals surface area contributed by atoms with Crippen molar-refractivity contribution < 1.29 is 9.53 Å². The van der Waals surface area contributed by atoms with Crippen LogP contribution in [0.1, 0.15) is 30.0 Å². The van der Waals surface area contributed by atoms with Gasteiger partial charge in [-0.3, -0.25) is 14.5 Å². The van der Waals surface area contributed by atoms with Crippen molar-refractivity contribution in [1.82, 2.24) is 19.7 Å². The van der Waals surface area contributed by atoms with Gasteiger partial charge in [-0.05, 0) is 67.4 Å². The van der Waals surface area contributed by atoms with Crippen LogP contribution in [0.3, 0.4) is 0 Å². The van der Waals surface area contributed by atoms with E-state index in [4.69, 9.17) is 17.0 Å². The van der Waals surface area contributed by atoms with Crippen LogP contribution in [0.4, 0.5) is 0 Å². The molecule has 2 heterocycles. The van der Waals surface area contributed by atoms with Gasteiger partial charge in [0.05, 0.1) is 13.2 Å². The van der Waals surface area contributed by atoms with E-state index in [1.807, 2.05) is 41.3 Å². The summed E-state index contributed by atoms with van der Waals surface area (Å²) in [7, 11) is 1.63. The Morgan fingerprint density at radius 2 is 2.00 bits per heavy atom. The second-order valence-electron chi connectivity index (χ2n) is 7.27. The zero-order valence-corrected chi connectivity index (χ0v) is 17.4. The van der Waals surface area contributed by atoms with E-state index in [0.29, 0.717) is 10.6 Å². The highest BCUT2D eigenvalue weighted by molar-refractivity contribution is 7.71. The monoisotopic (exact) mass is 408 g/mol. The predicted molar refractivity (Wildman–Crippen MR) is 114 cm³/mol. The molecule has 1 fully saturated rings. The number of aromatic nitrogens is 3. The van der Waals surface area contributed by atoms with Gasteiger partial charge in [0.15, 0.2) is 10.6 Å². The molecule has 1 saturated heterocycles. The molecule has 150 valence electrons. The topological polar surface area (TPSA) is 63.1 Å². The van der Waals surface area contributed by atoms with Crippen molar-refractivity contribution >= 4 is 18.1 Å². The fourth-order valence-corrected chi connectivity index (χ4v) is 4.20. The molecule has 4 rings (SSSR count). The van der Waals surface area contributed by atoms with E-state index in [0.717, 1.165) is 30.7 Å². The lowest BCUT2D eigenvalue weighted by molar-refractivity contribution is -0.132. The summed E-state index contributed by atoms with van der Waals surface area (Å²) < 4.78 is 7.43. The van der Waals surface area contributed by atoms with Crippen LogP contribution in [0.2, 0.25) is 0 Å². The second-order valence-corrected chi connectivity index (χ2v) is 7.66. The lowest BCUT2D eigenvalue weighted by Gasteiger charge is -2.26. The molecule has 0 saturated carbocycles. The van der Waals surface area contributed by atoms with Crippen molar-refractivity contribution in [3.05, 3.63) is 64.4 Å². The SMILES string of the molecule is COc1ccc(-c2n[nH]c(=S)n2CC(=O)N2CCCC2c2ccccc2C)cc1. The molecular weight excluding hydrogens is 384 g/mol. The third kappa shape index (κ3) is 3.82.